The number of nitrogens with two attached hydrogens (primary N) is 1. The highest BCUT2D eigenvalue weighted by molar-refractivity contribution is 5.79. The third-order valence-electron chi connectivity index (χ3n) is 4.15. The molecule has 7 nitrogen and oxygen atoms in total. The number of carbonyl (C=O) groups is 1. The van der Waals surface area contributed by atoms with Gasteiger partial charge in [-0.1, -0.05) is 6.07 Å². The molecule has 0 unspecified atom stereocenters. The molecule has 1 atom stereocenters. The molecule has 0 spiro atoms. The molecule has 122 valence electrons. The minimum Gasteiger partial charge on any atom is -0.384 e. The Labute approximate surface area is 134 Å². The number of hydrogen-bond donors (Lipinski definition) is 2. The van der Waals surface area contributed by atoms with E-state index >= 15 is 0 Å². The quantitative estimate of drug-likeness (QED) is 0.885. The minimum absolute atomic E-state index is 0.0785. The van der Waals surface area contributed by atoms with Gasteiger partial charge in [0.2, 0.25) is 5.91 Å². The van der Waals surface area contributed by atoms with E-state index in [2.05, 4.69) is 15.2 Å². The molecule has 0 aliphatic carbocycles. The van der Waals surface area contributed by atoms with Crippen LogP contribution < -0.4 is 5.73 Å². The second kappa shape index (κ2) is 6.37. The number of aryl methyl sites for hydroxylation is 2. The normalized spacial score (nSPS) is 18.2. The number of morpholine rings is 1. The molecule has 1 aliphatic rings. The zero-order valence-corrected chi connectivity index (χ0v) is 13.4. The number of rotatable bonds is 3. The lowest BCUT2D eigenvalue weighted by Crippen LogP contribution is -2.43. The van der Waals surface area contributed by atoms with Crippen LogP contribution in [0.2, 0.25) is 0 Å². The number of ether oxygens (including phenoxy) is 1. The van der Waals surface area contributed by atoms with E-state index in [1.165, 1.54) is 0 Å². The lowest BCUT2D eigenvalue weighted by molar-refractivity contribution is -0.138. The van der Waals surface area contributed by atoms with Crippen molar-refractivity contribution in [2.75, 3.05) is 25.4 Å². The van der Waals surface area contributed by atoms with E-state index in [0.717, 1.165) is 22.6 Å². The Morgan fingerprint density at radius 1 is 1.48 bits per heavy atom. The van der Waals surface area contributed by atoms with Crippen LogP contribution in [0.15, 0.2) is 18.2 Å². The molecular formula is C16H21N5O2. The van der Waals surface area contributed by atoms with Crippen molar-refractivity contribution >= 4 is 11.7 Å². The van der Waals surface area contributed by atoms with Crippen LogP contribution in [0.3, 0.4) is 0 Å². The predicted octanol–water partition coefficient (Wildman–Crippen LogP) is 1.15. The number of aromatic nitrogens is 3. The molecule has 23 heavy (non-hydrogen) atoms. The van der Waals surface area contributed by atoms with Gasteiger partial charge in [-0.05, 0) is 26.0 Å². The Morgan fingerprint density at radius 2 is 2.30 bits per heavy atom. The third kappa shape index (κ3) is 3.34. The summed E-state index contributed by atoms with van der Waals surface area (Å²) in [4.78, 5) is 18.7. The van der Waals surface area contributed by atoms with Gasteiger partial charge in [0, 0.05) is 17.8 Å². The van der Waals surface area contributed by atoms with E-state index in [9.17, 15) is 4.79 Å². The fourth-order valence-electron chi connectivity index (χ4n) is 2.80. The third-order valence-corrected chi connectivity index (χ3v) is 4.15. The van der Waals surface area contributed by atoms with Crippen molar-refractivity contribution in [3.63, 3.8) is 0 Å². The van der Waals surface area contributed by atoms with Crippen LogP contribution >= 0.6 is 0 Å². The predicted molar refractivity (Wildman–Crippen MR) is 85.7 cm³/mol. The Kier molecular flexibility index (Phi) is 4.29. The first kappa shape index (κ1) is 15.5. The van der Waals surface area contributed by atoms with Gasteiger partial charge in [-0.15, -0.1) is 0 Å². The Morgan fingerprint density at radius 3 is 3.00 bits per heavy atom. The maximum absolute atomic E-state index is 12.6. The van der Waals surface area contributed by atoms with Crippen molar-refractivity contribution in [2.24, 2.45) is 0 Å². The standard InChI is InChI=1S/C16H21N5O2/c1-10-12(11(2)20-19-10)8-16(22)21-6-7-23-14(9-21)13-4-3-5-15(17)18-13/h3-5,14H,6-9H2,1-2H3,(H2,17,18)(H,19,20)/t14-/m0/s1. The number of nitrogen functional groups attached to an aromatic ring is 1. The number of hydrogen-bond acceptors (Lipinski definition) is 5. The van der Waals surface area contributed by atoms with Crippen molar-refractivity contribution in [3.8, 4) is 0 Å². The maximum atomic E-state index is 12.6. The van der Waals surface area contributed by atoms with Crippen molar-refractivity contribution < 1.29 is 9.53 Å². The van der Waals surface area contributed by atoms with E-state index in [4.69, 9.17) is 10.5 Å². The van der Waals surface area contributed by atoms with Crippen LogP contribution in [0.4, 0.5) is 5.82 Å². The number of amides is 1. The van der Waals surface area contributed by atoms with Gasteiger partial charge in [0.25, 0.3) is 0 Å². The SMILES string of the molecule is Cc1n[nH]c(C)c1CC(=O)N1CCO[C@H](c2cccc(N)n2)C1. The molecule has 2 aromatic rings. The first-order valence-corrected chi connectivity index (χ1v) is 7.67. The summed E-state index contributed by atoms with van der Waals surface area (Å²) < 4.78 is 5.75. The summed E-state index contributed by atoms with van der Waals surface area (Å²) in [5.74, 6) is 0.536. The zero-order valence-electron chi connectivity index (χ0n) is 13.4. The number of aromatic amines is 1. The van der Waals surface area contributed by atoms with Gasteiger partial charge in [-0.2, -0.15) is 5.10 Å². The zero-order chi connectivity index (χ0) is 16.4. The second-order valence-electron chi connectivity index (χ2n) is 5.78. The summed E-state index contributed by atoms with van der Waals surface area (Å²) in [5, 5.41) is 7.06. The molecule has 0 radical (unpaired) electrons. The van der Waals surface area contributed by atoms with Gasteiger partial charge < -0.3 is 15.4 Å². The van der Waals surface area contributed by atoms with Crippen LogP contribution in [0.1, 0.15) is 28.7 Å². The highest BCUT2D eigenvalue weighted by atomic mass is 16.5. The van der Waals surface area contributed by atoms with Crippen molar-refractivity contribution in [1.82, 2.24) is 20.1 Å². The van der Waals surface area contributed by atoms with Gasteiger partial charge >= 0.3 is 0 Å². The first-order valence-electron chi connectivity index (χ1n) is 7.67. The number of nitrogens with zero attached hydrogens (tertiary/aromatic N) is 3. The number of nitrogens with one attached hydrogen (secondary N) is 1. The largest absolute Gasteiger partial charge is 0.384 e. The number of anilines is 1. The average molecular weight is 315 g/mol. The summed E-state index contributed by atoms with van der Waals surface area (Å²) in [7, 11) is 0. The Balaban J connectivity index is 1.70. The topological polar surface area (TPSA) is 97.1 Å². The molecule has 3 heterocycles. The second-order valence-corrected chi connectivity index (χ2v) is 5.78. The van der Waals surface area contributed by atoms with Crippen LogP contribution in [0.5, 0.6) is 0 Å². The van der Waals surface area contributed by atoms with E-state index in [0.29, 0.717) is 31.9 Å². The highest BCUT2D eigenvalue weighted by Crippen LogP contribution is 2.22. The van der Waals surface area contributed by atoms with Crippen LogP contribution in [-0.4, -0.2) is 45.7 Å². The lowest BCUT2D eigenvalue weighted by Gasteiger charge is -2.32. The maximum Gasteiger partial charge on any atom is 0.227 e. The van der Waals surface area contributed by atoms with Crippen molar-refractivity contribution in [3.05, 3.63) is 40.8 Å². The van der Waals surface area contributed by atoms with E-state index in [1.807, 2.05) is 30.9 Å². The number of pyridine rings is 1. The summed E-state index contributed by atoms with van der Waals surface area (Å²) in [6.07, 6.45) is 0.119. The van der Waals surface area contributed by atoms with Gasteiger partial charge in [-0.3, -0.25) is 9.89 Å². The Bertz CT molecular complexity index is 693. The summed E-state index contributed by atoms with van der Waals surface area (Å²) in [6, 6.07) is 5.46. The molecule has 1 amide bonds. The Hall–Kier alpha value is -2.41. The van der Waals surface area contributed by atoms with Crippen molar-refractivity contribution in [1.29, 1.82) is 0 Å². The number of H-pyrrole nitrogens is 1. The van der Waals surface area contributed by atoms with Gasteiger partial charge in [0.05, 0.1) is 31.0 Å². The van der Waals surface area contributed by atoms with Crippen LogP contribution in [-0.2, 0) is 16.0 Å². The molecule has 0 bridgehead atoms. The summed E-state index contributed by atoms with van der Waals surface area (Å²) >= 11 is 0. The lowest BCUT2D eigenvalue weighted by atomic mass is 10.1. The molecule has 3 rings (SSSR count). The van der Waals surface area contributed by atoms with Gasteiger partial charge in [0.15, 0.2) is 0 Å². The smallest absolute Gasteiger partial charge is 0.227 e. The fraction of sp³-hybridized carbons (Fsp3) is 0.438. The first-order chi connectivity index (χ1) is 11.0. The molecule has 7 heteroatoms. The van der Waals surface area contributed by atoms with Crippen LogP contribution in [0, 0.1) is 13.8 Å². The van der Waals surface area contributed by atoms with E-state index in [-0.39, 0.29) is 12.0 Å². The average Bonchev–Trinajstić information content (AvgIpc) is 2.87. The van der Waals surface area contributed by atoms with E-state index in [1.54, 1.807) is 6.07 Å². The fourth-order valence-corrected chi connectivity index (χ4v) is 2.80. The molecule has 1 saturated heterocycles. The van der Waals surface area contributed by atoms with Gasteiger partial charge in [-0.25, -0.2) is 4.98 Å². The molecular weight excluding hydrogens is 294 g/mol. The molecule has 0 saturated carbocycles. The summed E-state index contributed by atoms with van der Waals surface area (Å²) in [6.45, 7) is 5.42. The molecule has 3 N–H and O–H groups in total. The van der Waals surface area contributed by atoms with Crippen molar-refractivity contribution in [2.45, 2.75) is 26.4 Å². The minimum atomic E-state index is -0.234. The number of carbonyl (C=O) groups excluding carboxylic acids is 1. The molecule has 1 aliphatic heterocycles. The molecule has 1 fully saturated rings. The monoisotopic (exact) mass is 315 g/mol. The van der Waals surface area contributed by atoms with Crippen LogP contribution in [0.25, 0.3) is 0 Å². The van der Waals surface area contributed by atoms with E-state index < -0.39 is 0 Å². The summed E-state index contributed by atoms with van der Waals surface area (Å²) in [5.41, 5.74) is 9.28. The highest BCUT2D eigenvalue weighted by Gasteiger charge is 2.27. The van der Waals surface area contributed by atoms with Gasteiger partial charge in [0.1, 0.15) is 11.9 Å². The molecule has 0 aromatic carbocycles. The molecule has 2 aromatic heterocycles.